The van der Waals surface area contributed by atoms with Crippen molar-refractivity contribution in [2.24, 2.45) is 5.92 Å². The molecule has 1 aromatic carbocycles. The van der Waals surface area contributed by atoms with E-state index in [1.165, 1.54) is 13.0 Å². The second kappa shape index (κ2) is 5.70. The van der Waals surface area contributed by atoms with Gasteiger partial charge in [-0.25, -0.2) is 4.39 Å². The molecular weight excluding hydrogens is 245 g/mol. The normalized spacial score (nSPS) is 18.4. The summed E-state index contributed by atoms with van der Waals surface area (Å²) in [5, 5.41) is 9.58. The zero-order valence-corrected chi connectivity index (χ0v) is 11.4. The first kappa shape index (κ1) is 14.0. The molecule has 0 bridgehead atoms. The van der Waals surface area contributed by atoms with Crippen LogP contribution in [0.5, 0.6) is 0 Å². The van der Waals surface area contributed by atoms with Gasteiger partial charge in [-0.05, 0) is 44.7 Å². The van der Waals surface area contributed by atoms with Crippen LogP contribution in [0.1, 0.15) is 37.0 Å². The number of nitrogens with zero attached hydrogens (tertiary/aromatic N) is 1. The van der Waals surface area contributed by atoms with E-state index in [0.717, 1.165) is 12.8 Å². The Morgan fingerprint density at radius 1 is 1.42 bits per heavy atom. The minimum Gasteiger partial charge on any atom is -0.393 e. The fourth-order valence-corrected chi connectivity index (χ4v) is 2.73. The van der Waals surface area contributed by atoms with Crippen LogP contribution in [0.2, 0.25) is 0 Å². The molecule has 104 valence electrons. The van der Waals surface area contributed by atoms with Gasteiger partial charge in [-0.2, -0.15) is 0 Å². The van der Waals surface area contributed by atoms with Crippen molar-refractivity contribution in [3.8, 4) is 0 Å². The number of anilines is 1. The molecule has 1 aliphatic rings. The number of ketones is 1. The molecule has 4 heteroatoms. The van der Waals surface area contributed by atoms with Crippen LogP contribution in [0.15, 0.2) is 18.2 Å². The van der Waals surface area contributed by atoms with Crippen molar-refractivity contribution in [3.63, 3.8) is 0 Å². The summed E-state index contributed by atoms with van der Waals surface area (Å²) < 4.78 is 14.0. The van der Waals surface area contributed by atoms with Crippen LogP contribution >= 0.6 is 0 Å². The van der Waals surface area contributed by atoms with Gasteiger partial charge in [-0.15, -0.1) is 0 Å². The van der Waals surface area contributed by atoms with Gasteiger partial charge in [0.2, 0.25) is 0 Å². The molecule has 1 aliphatic heterocycles. The molecule has 1 aromatic rings. The molecule has 0 radical (unpaired) electrons. The molecule has 1 heterocycles. The lowest BCUT2D eigenvalue weighted by Crippen LogP contribution is -2.38. The monoisotopic (exact) mass is 265 g/mol. The summed E-state index contributed by atoms with van der Waals surface area (Å²) in [6.07, 6.45) is 1.32. The van der Waals surface area contributed by atoms with Gasteiger partial charge in [0.05, 0.1) is 11.8 Å². The van der Waals surface area contributed by atoms with E-state index in [-0.39, 0.29) is 23.6 Å². The molecule has 0 spiro atoms. The molecular formula is C15H20FNO2. The molecule has 1 unspecified atom stereocenters. The Morgan fingerprint density at radius 3 is 2.58 bits per heavy atom. The van der Waals surface area contributed by atoms with E-state index in [9.17, 15) is 14.3 Å². The predicted molar refractivity (Wildman–Crippen MR) is 73.0 cm³/mol. The number of aliphatic hydroxyl groups is 1. The lowest BCUT2D eigenvalue weighted by atomic mass is 9.91. The fraction of sp³-hybridized carbons (Fsp3) is 0.533. The summed E-state index contributed by atoms with van der Waals surface area (Å²) in [6, 6.07) is 4.63. The third-order valence-corrected chi connectivity index (χ3v) is 3.90. The summed E-state index contributed by atoms with van der Waals surface area (Å²) >= 11 is 0. The summed E-state index contributed by atoms with van der Waals surface area (Å²) in [6.45, 7) is 4.61. The average molecular weight is 265 g/mol. The third-order valence-electron chi connectivity index (χ3n) is 3.90. The number of hydrogen-bond acceptors (Lipinski definition) is 3. The largest absolute Gasteiger partial charge is 0.393 e. The second-order valence-corrected chi connectivity index (χ2v) is 5.26. The van der Waals surface area contributed by atoms with Gasteiger partial charge in [-0.1, -0.05) is 6.07 Å². The fourth-order valence-electron chi connectivity index (χ4n) is 2.73. The SMILES string of the molecule is CC(=O)c1cccc(F)c1N1CCC(C(C)O)CC1. The summed E-state index contributed by atoms with van der Waals surface area (Å²) in [5.74, 6) is -0.195. The molecule has 0 aromatic heterocycles. The van der Waals surface area contributed by atoms with E-state index < -0.39 is 0 Å². The van der Waals surface area contributed by atoms with E-state index in [4.69, 9.17) is 0 Å². The van der Waals surface area contributed by atoms with Gasteiger partial charge < -0.3 is 10.0 Å². The first-order chi connectivity index (χ1) is 9.00. The van der Waals surface area contributed by atoms with Crippen molar-refractivity contribution in [3.05, 3.63) is 29.6 Å². The maximum atomic E-state index is 14.0. The van der Waals surface area contributed by atoms with Crippen LogP contribution in [-0.4, -0.2) is 30.1 Å². The number of aliphatic hydroxyl groups excluding tert-OH is 1. The smallest absolute Gasteiger partial charge is 0.161 e. The average Bonchev–Trinajstić information content (AvgIpc) is 2.38. The van der Waals surface area contributed by atoms with Gasteiger partial charge in [0.25, 0.3) is 0 Å². The number of piperidine rings is 1. The van der Waals surface area contributed by atoms with E-state index in [2.05, 4.69) is 0 Å². The molecule has 0 aliphatic carbocycles. The van der Waals surface area contributed by atoms with Crippen LogP contribution in [0, 0.1) is 11.7 Å². The topological polar surface area (TPSA) is 40.5 Å². The molecule has 19 heavy (non-hydrogen) atoms. The van der Waals surface area contributed by atoms with Crippen molar-refractivity contribution < 1.29 is 14.3 Å². The van der Waals surface area contributed by atoms with Gasteiger partial charge in [-0.3, -0.25) is 4.79 Å². The highest BCUT2D eigenvalue weighted by molar-refractivity contribution is 5.99. The van der Waals surface area contributed by atoms with Gasteiger partial charge in [0.1, 0.15) is 5.82 Å². The van der Waals surface area contributed by atoms with Gasteiger partial charge in [0.15, 0.2) is 5.78 Å². The number of rotatable bonds is 3. The van der Waals surface area contributed by atoms with Crippen molar-refractivity contribution in [1.82, 2.24) is 0 Å². The number of Topliss-reactive ketones (excluding diaryl/α,β-unsaturated/α-hetero) is 1. The summed E-state index contributed by atoms with van der Waals surface area (Å²) in [4.78, 5) is 13.5. The highest BCUT2D eigenvalue weighted by atomic mass is 19.1. The van der Waals surface area contributed by atoms with E-state index >= 15 is 0 Å². The van der Waals surface area contributed by atoms with Crippen LogP contribution in [-0.2, 0) is 0 Å². The summed E-state index contributed by atoms with van der Waals surface area (Å²) in [5.41, 5.74) is 0.856. The minimum absolute atomic E-state index is 0.118. The Labute approximate surface area is 113 Å². The van der Waals surface area contributed by atoms with Gasteiger partial charge in [0, 0.05) is 18.7 Å². The van der Waals surface area contributed by atoms with Crippen LogP contribution in [0.3, 0.4) is 0 Å². The molecule has 1 fully saturated rings. The first-order valence-electron chi connectivity index (χ1n) is 6.73. The summed E-state index contributed by atoms with van der Waals surface area (Å²) in [7, 11) is 0. The molecule has 3 nitrogen and oxygen atoms in total. The zero-order chi connectivity index (χ0) is 14.0. The van der Waals surface area contributed by atoms with Crippen LogP contribution in [0.25, 0.3) is 0 Å². The Morgan fingerprint density at radius 2 is 2.05 bits per heavy atom. The predicted octanol–water partition coefficient (Wildman–Crippen LogP) is 2.63. The molecule has 1 N–H and O–H groups in total. The number of para-hydroxylation sites is 1. The maximum Gasteiger partial charge on any atom is 0.161 e. The zero-order valence-electron chi connectivity index (χ0n) is 11.4. The molecule has 0 amide bonds. The highest BCUT2D eigenvalue weighted by Gasteiger charge is 2.26. The first-order valence-corrected chi connectivity index (χ1v) is 6.73. The molecule has 2 rings (SSSR count). The second-order valence-electron chi connectivity index (χ2n) is 5.26. The van der Waals surface area contributed by atoms with Crippen LogP contribution < -0.4 is 4.90 Å². The third kappa shape index (κ3) is 2.95. The van der Waals surface area contributed by atoms with Gasteiger partial charge >= 0.3 is 0 Å². The van der Waals surface area contributed by atoms with Crippen molar-refractivity contribution in [2.75, 3.05) is 18.0 Å². The van der Waals surface area contributed by atoms with Crippen LogP contribution in [0.4, 0.5) is 10.1 Å². The van der Waals surface area contributed by atoms with Crippen molar-refractivity contribution in [1.29, 1.82) is 0 Å². The van der Waals surface area contributed by atoms with E-state index in [0.29, 0.717) is 24.3 Å². The number of carbonyl (C=O) groups excluding carboxylic acids is 1. The lowest BCUT2D eigenvalue weighted by molar-refractivity contribution is 0.101. The number of halogens is 1. The molecule has 1 atom stereocenters. The van der Waals surface area contributed by atoms with E-state index in [1.807, 2.05) is 4.90 Å². The number of hydrogen-bond donors (Lipinski definition) is 1. The number of benzene rings is 1. The Bertz CT molecular complexity index is 465. The minimum atomic E-state index is -0.344. The van der Waals surface area contributed by atoms with Crippen molar-refractivity contribution in [2.45, 2.75) is 32.8 Å². The Kier molecular flexibility index (Phi) is 4.20. The highest BCUT2D eigenvalue weighted by Crippen LogP contribution is 2.30. The standard InChI is InChI=1S/C15H20FNO2/c1-10(18)12-6-8-17(9-7-12)15-13(11(2)19)4-3-5-14(15)16/h3-5,10,12,18H,6-9H2,1-2H3. The lowest BCUT2D eigenvalue weighted by Gasteiger charge is -2.35. The van der Waals surface area contributed by atoms with E-state index in [1.54, 1.807) is 19.1 Å². The van der Waals surface area contributed by atoms with Crippen molar-refractivity contribution >= 4 is 11.5 Å². The quantitative estimate of drug-likeness (QED) is 0.854. The maximum absolute atomic E-state index is 14.0. The molecule has 1 saturated heterocycles. The Balaban J connectivity index is 2.22. The molecule has 0 saturated carbocycles. The Hall–Kier alpha value is -1.42. The number of carbonyl (C=O) groups is 1.